The van der Waals surface area contributed by atoms with Gasteiger partial charge in [-0.2, -0.15) is 5.26 Å². The number of esters is 1. The summed E-state index contributed by atoms with van der Waals surface area (Å²) in [6.45, 7) is 2.24. The smallest absolute Gasteiger partial charge is 0.309 e. The van der Waals surface area contributed by atoms with Crippen LogP contribution < -0.4 is 0 Å². The van der Waals surface area contributed by atoms with Gasteiger partial charge in [0.2, 0.25) is 0 Å². The molecule has 3 nitrogen and oxygen atoms in total. The van der Waals surface area contributed by atoms with E-state index in [0.717, 1.165) is 64.2 Å². The SMILES string of the molecule is CCCCc1ccc(C2CCC(C(=O)OC3CCC(CCC=CC#N)CC3)CC2)cc1. The molecule has 0 saturated heterocycles. The number of rotatable bonds is 9. The predicted octanol–water partition coefficient (Wildman–Crippen LogP) is 7.26. The molecule has 2 aliphatic carbocycles. The summed E-state index contributed by atoms with van der Waals surface area (Å²) in [5.74, 6) is 1.44. The molecule has 0 spiro atoms. The van der Waals surface area contributed by atoms with E-state index in [1.807, 2.05) is 12.1 Å². The van der Waals surface area contributed by atoms with Gasteiger partial charge in [-0.25, -0.2) is 0 Å². The highest BCUT2D eigenvalue weighted by Gasteiger charge is 2.31. The number of ether oxygens (including phenoxy) is 1. The van der Waals surface area contributed by atoms with Gasteiger partial charge in [-0.1, -0.05) is 43.7 Å². The quantitative estimate of drug-likeness (QED) is 0.311. The van der Waals surface area contributed by atoms with Crippen molar-refractivity contribution in [2.24, 2.45) is 11.8 Å². The summed E-state index contributed by atoms with van der Waals surface area (Å²) in [4.78, 5) is 12.7. The summed E-state index contributed by atoms with van der Waals surface area (Å²) in [6, 6.07) is 11.3. The number of allylic oxidation sites excluding steroid dienone is 2. The molecule has 1 aromatic carbocycles. The van der Waals surface area contributed by atoms with E-state index in [0.29, 0.717) is 11.8 Å². The molecule has 0 aromatic heterocycles. The molecule has 168 valence electrons. The van der Waals surface area contributed by atoms with Crippen LogP contribution in [0.3, 0.4) is 0 Å². The lowest BCUT2D eigenvalue weighted by Crippen LogP contribution is -2.29. The highest BCUT2D eigenvalue weighted by atomic mass is 16.5. The highest BCUT2D eigenvalue weighted by molar-refractivity contribution is 5.72. The van der Waals surface area contributed by atoms with E-state index in [1.54, 1.807) is 6.08 Å². The zero-order chi connectivity index (χ0) is 21.9. The summed E-state index contributed by atoms with van der Waals surface area (Å²) in [5, 5.41) is 8.55. The van der Waals surface area contributed by atoms with Crippen LogP contribution in [0, 0.1) is 23.2 Å². The first-order chi connectivity index (χ1) is 15.2. The van der Waals surface area contributed by atoms with Crippen molar-refractivity contribution in [3.05, 3.63) is 47.5 Å². The van der Waals surface area contributed by atoms with Crippen LogP contribution in [0.2, 0.25) is 0 Å². The second-order valence-electron chi connectivity index (χ2n) is 9.58. The van der Waals surface area contributed by atoms with Crippen molar-refractivity contribution >= 4 is 5.97 Å². The van der Waals surface area contributed by atoms with E-state index >= 15 is 0 Å². The van der Waals surface area contributed by atoms with Crippen LogP contribution in [0.1, 0.15) is 101 Å². The molecule has 0 bridgehead atoms. The van der Waals surface area contributed by atoms with Gasteiger partial charge in [0.05, 0.1) is 12.0 Å². The second kappa shape index (κ2) is 12.7. The predicted molar refractivity (Wildman–Crippen MR) is 126 cm³/mol. The molecule has 2 aliphatic rings. The van der Waals surface area contributed by atoms with Crippen molar-refractivity contribution in [1.29, 1.82) is 5.26 Å². The van der Waals surface area contributed by atoms with Crippen LogP contribution in [-0.4, -0.2) is 12.1 Å². The molecule has 0 atom stereocenters. The molecule has 1 aromatic rings. The highest BCUT2D eigenvalue weighted by Crippen LogP contribution is 2.37. The number of aryl methyl sites for hydroxylation is 1. The maximum absolute atomic E-state index is 12.7. The molecule has 3 rings (SSSR count). The Hall–Kier alpha value is -2.08. The number of nitriles is 1. The van der Waals surface area contributed by atoms with Crippen molar-refractivity contribution in [2.45, 2.75) is 102 Å². The first-order valence-electron chi connectivity index (χ1n) is 12.5. The Morgan fingerprint density at radius 1 is 1.06 bits per heavy atom. The number of unbranched alkanes of at least 4 members (excludes halogenated alkanes) is 1. The molecular weight excluding hydrogens is 382 g/mol. The Kier molecular flexibility index (Phi) is 9.66. The van der Waals surface area contributed by atoms with E-state index in [2.05, 4.69) is 31.2 Å². The number of hydrogen-bond acceptors (Lipinski definition) is 3. The summed E-state index contributed by atoms with van der Waals surface area (Å²) < 4.78 is 5.92. The standard InChI is InChI=1S/C28H39NO2/c1-2-3-7-22-9-13-24(14-10-22)25-15-17-26(18-16-25)28(30)31-27-19-11-23(12-20-27)8-5-4-6-21-29/h4,6,9-10,13-14,23,25-27H,2-3,5,7-8,11-12,15-20H2,1H3. The van der Waals surface area contributed by atoms with Gasteiger partial charge in [-0.3, -0.25) is 4.79 Å². The number of benzene rings is 1. The molecule has 0 radical (unpaired) electrons. The minimum atomic E-state index is 0.0498. The van der Waals surface area contributed by atoms with Gasteiger partial charge in [0.1, 0.15) is 6.10 Å². The first-order valence-corrected chi connectivity index (χ1v) is 12.5. The maximum Gasteiger partial charge on any atom is 0.309 e. The van der Waals surface area contributed by atoms with E-state index in [4.69, 9.17) is 10.00 Å². The Bertz CT molecular complexity index is 729. The van der Waals surface area contributed by atoms with Gasteiger partial charge < -0.3 is 4.74 Å². The summed E-state index contributed by atoms with van der Waals surface area (Å²) in [5.41, 5.74) is 2.88. The maximum atomic E-state index is 12.7. The molecule has 3 heteroatoms. The zero-order valence-corrected chi connectivity index (χ0v) is 19.2. The van der Waals surface area contributed by atoms with E-state index in [9.17, 15) is 4.79 Å². The lowest BCUT2D eigenvalue weighted by Gasteiger charge is -2.31. The van der Waals surface area contributed by atoms with Crippen molar-refractivity contribution < 1.29 is 9.53 Å². The van der Waals surface area contributed by atoms with Gasteiger partial charge >= 0.3 is 5.97 Å². The Morgan fingerprint density at radius 2 is 1.77 bits per heavy atom. The molecule has 0 amide bonds. The number of carbonyl (C=O) groups excluding carboxylic acids is 1. The van der Waals surface area contributed by atoms with Crippen LogP contribution in [0.15, 0.2) is 36.4 Å². The monoisotopic (exact) mass is 421 g/mol. The number of hydrogen-bond donors (Lipinski definition) is 0. The first kappa shape index (κ1) is 23.6. The average molecular weight is 422 g/mol. The molecule has 2 saturated carbocycles. The van der Waals surface area contributed by atoms with Crippen LogP contribution >= 0.6 is 0 Å². The van der Waals surface area contributed by atoms with E-state index in [1.165, 1.54) is 30.4 Å². The minimum absolute atomic E-state index is 0.0498. The Balaban J connectivity index is 1.36. The number of carbonyl (C=O) groups is 1. The number of nitrogens with zero attached hydrogens (tertiary/aromatic N) is 1. The van der Waals surface area contributed by atoms with Gasteiger partial charge in [-0.05, 0) is 100 Å². The lowest BCUT2D eigenvalue weighted by molar-refractivity contribution is -0.157. The fraction of sp³-hybridized carbons (Fsp3) is 0.643. The largest absolute Gasteiger partial charge is 0.462 e. The fourth-order valence-electron chi connectivity index (χ4n) is 5.27. The van der Waals surface area contributed by atoms with Gasteiger partial charge in [-0.15, -0.1) is 0 Å². The third kappa shape index (κ3) is 7.53. The topological polar surface area (TPSA) is 50.1 Å². The second-order valence-corrected chi connectivity index (χ2v) is 9.58. The van der Waals surface area contributed by atoms with Gasteiger partial charge in [0.25, 0.3) is 0 Å². The summed E-state index contributed by atoms with van der Waals surface area (Å²) >= 11 is 0. The third-order valence-electron chi connectivity index (χ3n) is 7.34. The van der Waals surface area contributed by atoms with Crippen LogP contribution in [-0.2, 0) is 16.0 Å². The molecule has 0 unspecified atom stereocenters. The molecule has 0 heterocycles. The average Bonchev–Trinajstić information content (AvgIpc) is 2.82. The molecule has 0 N–H and O–H groups in total. The molecule has 0 aliphatic heterocycles. The van der Waals surface area contributed by atoms with Crippen molar-refractivity contribution in [1.82, 2.24) is 0 Å². The summed E-state index contributed by atoms with van der Waals surface area (Å²) in [6.07, 6.45) is 17.8. The van der Waals surface area contributed by atoms with E-state index in [-0.39, 0.29) is 18.0 Å². The summed E-state index contributed by atoms with van der Waals surface area (Å²) in [7, 11) is 0. The van der Waals surface area contributed by atoms with Crippen molar-refractivity contribution in [2.75, 3.05) is 0 Å². The lowest BCUT2D eigenvalue weighted by atomic mass is 9.78. The Labute approximate surface area is 188 Å². The van der Waals surface area contributed by atoms with Crippen molar-refractivity contribution in [3.63, 3.8) is 0 Å². The van der Waals surface area contributed by atoms with Gasteiger partial charge in [0, 0.05) is 6.08 Å². The van der Waals surface area contributed by atoms with Crippen molar-refractivity contribution in [3.8, 4) is 6.07 Å². The normalized spacial score (nSPS) is 26.5. The minimum Gasteiger partial charge on any atom is -0.462 e. The van der Waals surface area contributed by atoms with E-state index < -0.39 is 0 Å². The third-order valence-corrected chi connectivity index (χ3v) is 7.34. The van der Waals surface area contributed by atoms with Crippen LogP contribution in [0.5, 0.6) is 0 Å². The molecular formula is C28H39NO2. The van der Waals surface area contributed by atoms with Crippen LogP contribution in [0.25, 0.3) is 0 Å². The fourth-order valence-corrected chi connectivity index (χ4v) is 5.27. The van der Waals surface area contributed by atoms with Crippen LogP contribution in [0.4, 0.5) is 0 Å². The molecule has 31 heavy (non-hydrogen) atoms. The zero-order valence-electron chi connectivity index (χ0n) is 19.2. The Morgan fingerprint density at radius 3 is 2.42 bits per heavy atom. The molecule has 2 fully saturated rings. The van der Waals surface area contributed by atoms with Gasteiger partial charge in [0.15, 0.2) is 0 Å².